The zero-order valence-electron chi connectivity index (χ0n) is 9.17. The third-order valence-electron chi connectivity index (χ3n) is 2.07. The summed E-state index contributed by atoms with van der Waals surface area (Å²) < 4.78 is 15.2. The number of nitrogens with one attached hydrogen (secondary N) is 1. The minimum atomic E-state index is -1.81. The predicted octanol–water partition coefficient (Wildman–Crippen LogP) is 2.23. The number of hydrogen-bond acceptors (Lipinski definition) is 3. The first-order valence-corrected chi connectivity index (χ1v) is 6.60. The lowest BCUT2D eigenvalue weighted by Gasteiger charge is -2.40. The molecule has 0 aromatic carbocycles. The van der Waals surface area contributed by atoms with Gasteiger partial charge in [-0.15, -0.1) is 0 Å². The molecule has 0 rings (SSSR count). The van der Waals surface area contributed by atoms with Crippen LogP contribution in [0, 0.1) is 0 Å². The summed E-state index contributed by atoms with van der Waals surface area (Å²) in [4.78, 5) is 0. The van der Waals surface area contributed by atoms with Crippen LogP contribution in [0.5, 0.6) is 0 Å². The van der Waals surface area contributed by atoms with E-state index in [1.807, 2.05) is 13.8 Å². The summed E-state index contributed by atoms with van der Waals surface area (Å²) in [6.07, 6.45) is 0.978. The molecule has 0 bridgehead atoms. The van der Waals surface area contributed by atoms with Gasteiger partial charge >= 0.3 is 0 Å². The molecule has 0 spiro atoms. The van der Waals surface area contributed by atoms with Crippen molar-refractivity contribution in [1.82, 2.24) is 5.32 Å². The van der Waals surface area contributed by atoms with E-state index in [1.54, 1.807) is 7.11 Å². The lowest BCUT2D eigenvalue weighted by Crippen LogP contribution is -2.21. The highest BCUT2D eigenvalue weighted by Gasteiger charge is 2.19. The molecule has 0 aromatic rings. The average Bonchev–Trinajstić information content (AvgIpc) is 2.12. The van der Waals surface area contributed by atoms with Crippen LogP contribution in [0.4, 0.5) is 0 Å². The van der Waals surface area contributed by atoms with Crippen molar-refractivity contribution in [3.05, 3.63) is 0 Å². The van der Waals surface area contributed by atoms with Gasteiger partial charge in [0.25, 0.3) is 0 Å². The summed E-state index contributed by atoms with van der Waals surface area (Å²) in [5.74, 6) is 0.772. The molecule has 0 saturated carbocycles. The zero-order valence-corrected chi connectivity index (χ0v) is 9.99. The highest BCUT2D eigenvalue weighted by atomic mass is 32.3. The lowest BCUT2D eigenvalue weighted by molar-refractivity contribution is 0.387. The molecule has 0 aliphatic rings. The molecule has 13 heavy (non-hydrogen) atoms. The highest BCUT2D eigenvalue weighted by molar-refractivity contribution is 8.25. The van der Waals surface area contributed by atoms with Crippen LogP contribution in [0.1, 0.15) is 27.2 Å². The number of rotatable bonds is 7. The molecule has 0 aliphatic heterocycles. The van der Waals surface area contributed by atoms with Crippen molar-refractivity contribution in [3.63, 3.8) is 0 Å². The van der Waals surface area contributed by atoms with Crippen LogP contribution in [0.3, 0.4) is 0 Å². The van der Waals surface area contributed by atoms with Crippen molar-refractivity contribution in [2.75, 3.05) is 26.0 Å². The van der Waals surface area contributed by atoms with Gasteiger partial charge in [0.1, 0.15) is 0 Å². The Bertz CT molecular complexity index is 133. The van der Waals surface area contributed by atoms with E-state index in [0.29, 0.717) is 0 Å². The van der Waals surface area contributed by atoms with E-state index in [-0.39, 0.29) is 5.25 Å². The van der Waals surface area contributed by atoms with Gasteiger partial charge in [-0.2, -0.15) is 10.6 Å². The molecule has 0 aromatic heterocycles. The minimum Gasteiger partial charge on any atom is -0.317 e. The van der Waals surface area contributed by atoms with Crippen molar-refractivity contribution in [2.24, 2.45) is 0 Å². The van der Waals surface area contributed by atoms with Crippen LogP contribution in [-0.2, 0) is 4.18 Å². The van der Waals surface area contributed by atoms with Gasteiger partial charge in [-0.05, 0) is 33.4 Å². The summed E-state index contributed by atoms with van der Waals surface area (Å²) in [6.45, 7) is 8.04. The molecule has 0 aliphatic carbocycles. The second-order valence-electron chi connectivity index (χ2n) is 3.32. The standard InChI is InChI=1S/C9H23NO2S/c1-5-10-7-6-8-13(11,12-4)9(2)3/h9-11H,5-8H2,1-4H3. The fourth-order valence-electron chi connectivity index (χ4n) is 1.09. The van der Waals surface area contributed by atoms with Gasteiger partial charge in [-0.25, -0.2) is 0 Å². The average molecular weight is 209 g/mol. The Labute approximate surface area is 83.6 Å². The van der Waals surface area contributed by atoms with Gasteiger partial charge in [0, 0.05) is 11.0 Å². The van der Waals surface area contributed by atoms with E-state index in [0.717, 1.165) is 25.3 Å². The van der Waals surface area contributed by atoms with E-state index in [2.05, 4.69) is 12.2 Å². The van der Waals surface area contributed by atoms with Gasteiger partial charge in [0.05, 0.1) is 7.11 Å². The van der Waals surface area contributed by atoms with Gasteiger partial charge in [0.15, 0.2) is 0 Å². The monoisotopic (exact) mass is 209 g/mol. The van der Waals surface area contributed by atoms with Crippen molar-refractivity contribution < 1.29 is 8.74 Å². The fourth-order valence-corrected chi connectivity index (χ4v) is 2.67. The first kappa shape index (κ1) is 13.2. The maximum atomic E-state index is 10.0. The Balaban J connectivity index is 3.71. The Hall–Kier alpha value is 0.230. The van der Waals surface area contributed by atoms with E-state index in [4.69, 9.17) is 4.18 Å². The van der Waals surface area contributed by atoms with Crippen molar-refractivity contribution in [2.45, 2.75) is 32.4 Å². The first-order chi connectivity index (χ1) is 6.06. The molecule has 1 atom stereocenters. The maximum Gasteiger partial charge on any atom is 0.0604 e. The molecule has 1 unspecified atom stereocenters. The Morgan fingerprint density at radius 2 is 2.08 bits per heavy atom. The third kappa shape index (κ3) is 4.86. The van der Waals surface area contributed by atoms with Crippen LogP contribution < -0.4 is 5.32 Å². The Kier molecular flexibility index (Phi) is 6.77. The third-order valence-corrected chi connectivity index (χ3v) is 4.99. The maximum absolute atomic E-state index is 10.0. The molecular formula is C9H23NO2S. The van der Waals surface area contributed by atoms with Crippen molar-refractivity contribution in [3.8, 4) is 0 Å². The summed E-state index contributed by atoms with van der Waals surface area (Å²) in [6, 6.07) is 0. The van der Waals surface area contributed by atoms with Gasteiger partial charge < -0.3 is 5.32 Å². The quantitative estimate of drug-likeness (QED) is 0.632. The molecule has 0 amide bonds. The summed E-state index contributed by atoms with van der Waals surface area (Å²) in [7, 11) is -0.214. The predicted molar refractivity (Wildman–Crippen MR) is 60.4 cm³/mol. The van der Waals surface area contributed by atoms with E-state index in [9.17, 15) is 4.55 Å². The van der Waals surface area contributed by atoms with E-state index in [1.165, 1.54) is 0 Å². The molecule has 82 valence electrons. The van der Waals surface area contributed by atoms with Crippen LogP contribution in [0.15, 0.2) is 0 Å². The second-order valence-corrected chi connectivity index (χ2v) is 6.38. The minimum absolute atomic E-state index is 0.221. The topological polar surface area (TPSA) is 41.5 Å². The zero-order chi connectivity index (χ0) is 10.3. The van der Waals surface area contributed by atoms with Gasteiger partial charge in [0.2, 0.25) is 0 Å². The lowest BCUT2D eigenvalue weighted by atomic mass is 10.5. The normalized spacial score (nSPS) is 18.6. The largest absolute Gasteiger partial charge is 0.317 e. The van der Waals surface area contributed by atoms with Crippen LogP contribution in [0.2, 0.25) is 0 Å². The Morgan fingerprint density at radius 3 is 2.46 bits per heavy atom. The van der Waals surface area contributed by atoms with Crippen molar-refractivity contribution in [1.29, 1.82) is 0 Å². The molecule has 0 saturated heterocycles. The summed E-state index contributed by atoms with van der Waals surface area (Å²) in [5.41, 5.74) is 0. The molecule has 3 nitrogen and oxygen atoms in total. The van der Waals surface area contributed by atoms with Gasteiger partial charge in [-0.1, -0.05) is 6.92 Å². The molecule has 0 radical (unpaired) electrons. The Morgan fingerprint density at radius 1 is 1.46 bits per heavy atom. The molecule has 0 heterocycles. The SMILES string of the molecule is CCNCCCS(O)(OC)C(C)C. The molecule has 2 N–H and O–H groups in total. The summed E-state index contributed by atoms with van der Waals surface area (Å²) in [5, 5.41) is 3.45. The van der Waals surface area contributed by atoms with Crippen LogP contribution in [-0.4, -0.2) is 35.8 Å². The van der Waals surface area contributed by atoms with Crippen LogP contribution in [0.25, 0.3) is 0 Å². The highest BCUT2D eigenvalue weighted by Crippen LogP contribution is 2.48. The number of hydrogen-bond donors (Lipinski definition) is 2. The first-order valence-electron chi connectivity index (χ1n) is 4.85. The van der Waals surface area contributed by atoms with E-state index < -0.39 is 10.6 Å². The second kappa shape index (κ2) is 6.65. The molecule has 4 heteroatoms. The molecular weight excluding hydrogens is 186 g/mol. The van der Waals surface area contributed by atoms with E-state index >= 15 is 0 Å². The summed E-state index contributed by atoms with van der Waals surface area (Å²) >= 11 is 0. The smallest absolute Gasteiger partial charge is 0.0604 e. The van der Waals surface area contributed by atoms with Gasteiger partial charge in [-0.3, -0.25) is 8.74 Å². The van der Waals surface area contributed by atoms with Crippen LogP contribution >= 0.6 is 10.6 Å². The fraction of sp³-hybridized carbons (Fsp3) is 1.00. The molecule has 0 fully saturated rings. The van der Waals surface area contributed by atoms with Crippen molar-refractivity contribution >= 4 is 10.6 Å².